The Morgan fingerprint density at radius 1 is 1.03 bits per heavy atom. The average molecular weight is 417 g/mol. The van der Waals surface area contributed by atoms with Crippen molar-refractivity contribution in [1.82, 2.24) is 0 Å². The largest absolute Gasteiger partial charge is 0.0905 e. The summed E-state index contributed by atoms with van der Waals surface area (Å²) < 4.78 is 0. The van der Waals surface area contributed by atoms with E-state index in [0.717, 1.165) is 24.5 Å². The fourth-order valence-corrected chi connectivity index (χ4v) is 4.88. The average Bonchev–Trinajstić information content (AvgIpc) is 2.82. The van der Waals surface area contributed by atoms with Crippen molar-refractivity contribution in [2.75, 3.05) is 0 Å². The van der Waals surface area contributed by atoms with E-state index in [1.54, 1.807) is 0 Å². The lowest BCUT2D eigenvalue weighted by Crippen LogP contribution is -2.32. The maximum absolute atomic E-state index is 4.66. The molecule has 3 aromatic rings. The predicted molar refractivity (Wildman–Crippen MR) is 144 cm³/mol. The topological polar surface area (TPSA) is 0 Å². The summed E-state index contributed by atoms with van der Waals surface area (Å²) in [7, 11) is 0. The van der Waals surface area contributed by atoms with Gasteiger partial charge in [-0.25, -0.2) is 0 Å². The van der Waals surface area contributed by atoms with E-state index in [-0.39, 0.29) is 0 Å². The molecule has 0 saturated carbocycles. The van der Waals surface area contributed by atoms with E-state index in [1.807, 2.05) is 0 Å². The molecule has 1 aliphatic carbocycles. The van der Waals surface area contributed by atoms with Gasteiger partial charge in [-0.15, -0.1) is 0 Å². The molecule has 32 heavy (non-hydrogen) atoms. The number of allylic oxidation sites excluding steroid dienone is 7. The van der Waals surface area contributed by atoms with Crippen LogP contribution in [0.25, 0.3) is 46.2 Å². The molecule has 0 radical (unpaired) electrons. The number of fused-ring (bicyclic) bond motifs is 2. The quantitative estimate of drug-likeness (QED) is 0.376. The highest BCUT2D eigenvalue weighted by Crippen LogP contribution is 2.35. The molecule has 0 heteroatoms. The van der Waals surface area contributed by atoms with Gasteiger partial charge in [0.2, 0.25) is 0 Å². The molecule has 0 saturated heterocycles. The normalized spacial score (nSPS) is 14.7. The summed E-state index contributed by atoms with van der Waals surface area (Å²) in [5.74, 6) is 0. The van der Waals surface area contributed by atoms with Crippen LogP contribution in [0, 0.1) is 0 Å². The highest BCUT2D eigenvalue weighted by Gasteiger charge is 2.20. The van der Waals surface area contributed by atoms with Gasteiger partial charge in [0.05, 0.1) is 0 Å². The summed E-state index contributed by atoms with van der Waals surface area (Å²) in [4.78, 5) is 0. The minimum Gasteiger partial charge on any atom is -0.0905 e. The molecule has 0 fully saturated rings. The Balaban J connectivity index is 2.22. The lowest BCUT2D eigenvalue weighted by molar-refractivity contribution is 0.982. The zero-order valence-electron chi connectivity index (χ0n) is 19.5. The molecule has 0 unspecified atom stereocenters. The Morgan fingerprint density at radius 2 is 1.84 bits per heavy atom. The minimum atomic E-state index is 0.997. The lowest BCUT2D eigenvalue weighted by atomic mass is 9.80. The molecular formula is C32H32. The van der Waals surface area contributed by atoms with Crippen molar-refractivity contribution in [2.45, 2.75) is 40.0 Å². The van der Waals surface area contributed by atoms with Crippen molar-refractivity contribution in [3.05, 3.63) is 106 Å². The van der Waals surface area contributed by atoms with Crippen LogP contribution in [0.5, 0.6) is 0 Å². The van der Waals surface area contributed by atoms with Gasteiger partial charge in [-0.3, -0.25) is 0 Å². The maximum Gasteiger partial charge on any atom is -0.00390 e. The van der Waals surface area contributed by atoms with E-state index >= 15 is 0 Å². The van der Waals surface area contributed by atoms with Crippen LogP contribution >= 0.6 is 0 Å². The van der Waals surface area contributed by atoms with Crippen LogP contribution in [0.4, 0.5) is 0 Å². The van der Waals surface area contributed by atoms with Crippen LogP contribution in [0.1, 0.15) is 50.3 Å². The van der Waals surface area contributed by atoms with Crippen LogP contribution in [0.2, 0.25) is 0 Å². The van der Waals surface area contributed by atoms with E-state index < -0.39 is 0 Å². The van der Waals surface area contributed by atoms with Crippen molar-refractivity contribution < 1.29 is 0 Å². The van der Waals surface area contributed by atoms with Crippen molar-refractivity contribution in [3.63, 3.8) is 0 Å². The second-order valence-electron chi connectivity index (χ2n) is 8.26. The van der Waals surface area contributed by atoms with Crippen LogP contribution < -0.4 is 10.4 Å². The molecule has 0 aliphatic heterocycles. The summed E-state index contributed by atoms with van der Waals surface area (Å²) >= 11 is 0. The fourth-order valence-electron chi connectivity index (χ4n) is 4.88. The third-order valence-electron chi connectivity index (χ3n) is 6.21. The molecule has 160 valence electrons. The summed E-state index contributed by atoms with van der Waals surface area (Å²) in [6, 6.07) is 15.4. The molecule has 0 atom stereocenters. The van der Waals surface area contributed by atoms with E-state index in [9.17, 15) is 0 Å². The molecule has 3 aromatic carbocycles. The minimum absolute atomic E-state index is 0.997. The van der Waals surface area contributed by atoms with Gasteiger partial charge in [0.25, 0.3) is 0 Å². The van der Waals surface area contributed by atoms with Gasteiger partial charge in [0.1, 0.15) is 0 Å². The fraction of sp³-hybridized carbons (Fsp3) is 0.188. The van der Waals surface area contributed by atoms with E-state index in [2.05, 4.69) is 118 Å². The van der Waals surface area contributed by atoms with Crippen LogP contribution in [0.15, 0.2) is 78.9 Å². The highest BCUT2D eigenvalue weighted by atomic mass is 14.2. The van der Waals surface area contributed by atoms with Crippen molar-refractivity contribution in [1.29, 1.82) is 0 Å². The SMILES string of the molecule is C=c1c(C(/C=C\C)=C/CC)c2c(c(-c3cccc4ccccc34)/c1=C/C=C\C)CCC=C2. The summed E-state index contributed by atoms with van der Waals surface area (Å²) in [6.45, 7) is 11.0. The Bertz CT molecular complexity index is 1370. The molecule has 0 heterocycles. The third kappa shape index (κ3) is 3.94. The van der Waals surface area contributed by atoms with Crippen molar-refractivity contribution in [2.24, 2.45) is 0 Å². The Kier molecular flexibility index (Phi) is 6.71. The summed E-state index contributed by atoms with van der Waals surface area (Å²) in [5.41, 5.74) is 7.95. The maximum atomic E-state index is 4.66. The lowest BCUT2D eigenvalue weighted by Gasteiger charge is -2.23. The Labute approximate surface area is 192 Å². The summed E-state index contributed by atoms with van der Waals surface area (Å²) in [6.07, 6.45) is 20.9. The van der Waals surface area contributed by atoms with Crippen molar-refractivity contribution in [3.8, 4) is 11.1 Å². The highest BCUT2D eigenvalue weighted by molar-refractivity contribution is 5.99. The number of benzene rings is 3. The first-order chi connectivity index (χ1) is 15.7. The molecule has 0 N–H and O–H groups in total. The molecule has 0 amide bonds. The molecule has 0 aromatic heterocycles. The van der Waals surface area contributed by atoms with Crippen LogP contribution in [-0.2, 0) is 6.42 Å². The summed E-state index contributed by atoms with van der Waals surface area (Å²) in [5, 5.41) is 4.91. The molecule has 0 spiro atoms. The smallest absolute Gasteiger partial charge is 0.00390 e. The van der Waals surface area contributed by atoms with Gasteiger partial charge in [-0.1, -0.05) is 105 Å². The molecule has 0 bridgehead atoms. The Morgan fingerprint density at radius 3 is 2.62 bits per heavy atom. The second-order valence-corrected chi connectivity index (χ2v) is 8.26. The van der Waals surface area contributed by atoms with Gasteiger partial charge in [-0.2, -0.15) is 0 Å². The monoisotopic (exact) mass is 416 g/mol. The van der Waals surface area contributed by atoms with E-state index in [1.165, 1.54) is 49.4 Å². The van der Waals surface area contributed by atoms with Gasteiger partial charge >= 0.3 is 0 Å². The molecule has 1 aliphatic rings. The van der Waals surface area contributed by atoms with Gasteiger partial charge in [0, 0.05) is 0 Å². The van der Waals surface area contributed by atoms with Gasteiger partial charge in [-0.05, 0) is 87.7 Å². The van der Waals surface area contributed by atoms with E-state index in [0.29, 0.717) is 0 Å². The van der Waals surface area contributed by atoms with Crippen molar-refractivity contribution >= 4 is 35.1 Å². The molecule has 4 rings (SSSR count). The van der Waals surface area contributed by atoms with Crippen LogP contribution in [0.3, 0.4) is 0 Å². The van der Waals surface area contributed by atoms with Gasteiger partial charge < -0.3 is 0 Å². The third-order valence-corrected chi connectivity index (χ3v) is 6.21. The first-order valence-corrected chi connectivity index (χ1v) is 11.7. The van der Waals surface area contributed by atoms with Crippen LogP contribution in [-0.4, -0.2) is 0 Å². The van der Waals surface area contributed by atoms with E-state index in [4.69, 9.17) is 0 Å². The van der Waals surface area contributed by atoms with Gasteiger partial charge in [0.15, 0.2) is 0 Å². The standard InChI is InChI=1S/C32H32/c1-5-8-18-26-23(4)31(25(14-6-2)15-7-3)29-20-11-12-21-30(29)32(26)28-22-13-17-24-16-9-10-19-27(24)28/h5-6,8-11,13-20,22H,4,7,12,21H2,1-3H3/b8-5-,14-6-,25-15+,26-18+. The number of rotatable bonds is 5. The first-order valence-electron chi connectivity index (χ1n) is 11.7. The predicted octanol–water partition coefficient (Wildman–Crippen LogP) is 7.60. The number of hydrogen-bond donors (Lipinski definition) is 0. The molecule has 0 nitrogen and oxygen atoms in total. The molecular weight excluding hydrogens is 384 g/mol. The second kappa shape index (κ2) is 9.83. The first kappa shape index (κ1) is 21.8. The zero-order chi connectivity index (χ0) is 22.5. The Hall–Kier alpha value is -3.38. The zero-order valence-corrected chi connectivity index (χ0v) is 19.5. The number of hydrogen-bond acceptors (Lipinski definition) is 0.